The third-order valence-corrected chi connectivity index (χ3v) is 5.76. The molecule has 0 unspecified atom stereocenters. The second kappa shape index (κ2) is 11.3. The Morgan fingerprint density at radius 2 is 1.79 bits per heavy atom. The number of nitriles is 1. The average Bonchev–Trinajstić information content (AvgIpc) is 2.83. The average molecular weight is 442 g/mol. The molecule has 0 aliphatic heterocycles. The lowest BCUT2D eigenvalue weighted by Crippen LogP contribution is -2.29. The van der Waals surface area contributed by atoms with E-state index in [9.17, 15) is 14.9 Å². The minimum Gasteiger partial charge on any atom is -0.321 e. The molecule has 0 atom stereocenters. The first-order chi connectivity index (χ1) is 16.0. The van der Waals surface area contributed by atoms with Gasteiger partial charge in [0.15, 0.2) is 0 Å². The monoisotopic (exact) mass is 441 g/mol. The van der Waals surface area contributed by atoms with Gasteiger partial charge in [0.25, 0.3) is 5.56 Å². The van der Waals surface area contributed by atoms with Gasteiger partial charge in [-0.05, 0) is 60.6 Å². The molecule has 2 aromatic carbocycles. The van der Waals surface area contributed by atoms with Crippen molar-refractivity contribution in [2.75, 3.05) is 5.32 Å². The van der Waals surface area contributed by atoms with Crippen molar-refractivity contribution in [1.29, 1.82) is 5.26 Å². The summed E-state index contributed by atoms with van der Waals surface area (Å²) in [7, 11) is 0. The molecule has 1 aromatic heterocycles. The number of carbonyl (C=O) groups excluding carboxylic acids is 1. The molecule has 3 rings (SSSR count). The Bertz CT molecular complexity index is 1220. The molecule has 33 heavy (non-hydrogen) atoms. The molecule has 5 heteroatoms. The van der Waals surface area contributed by atoms with Crippen LogP contribution in [0.4, 0.5) is 5.69 Å². The second-order valence-corrected chi connectivity index (χ2v) is 8.34. The maximum absolute atomic E-state index is 13.4. The highest BCUT2D eigenvalue weighted by atomic mass is 16.2. The van der Waals surface area contributed by atoms with Gasteiger partial charge < -0.3 is 9.88 Å². The van der Waals surface area contributed by atoms with Crippen LogP contribution in [0.3, 0.4) is 0 Å². The summed E-state index contributed by atoms with van der Waals surface area (Å²) in [4.78, 5) is 25.6. The first-order valence-corrected chi connectivity index (χ1v) is 11.6. The molecule has 5 nitrogen and oxygen atoms in total. The van der Waals surface area contributed by atoms with E-state index in [-0.39, 0.29) is 11.5 Å². The maximum atomic E-state index is 13.4. The molecule has 1 heterocycles. The minimum atomic E-state index is -0.163. The van der Waals surface area contributed by atoms with Gasteiger partial charge in [-0.25, -0.2) is 0 Å². The molecule has 3 aromatic rings. The lowest BCUT2D eigenvalue weighted by atomic mass is 9.99. The fourth-order valence-corrected chi connectivity index (χ4v) is 3.96. The Morgan fingerprint density at radius 1 is 1.06 bits per heavy atom. The molecule has 0 spiro atoms. The van der Waals surface area contributed by atoms with Gasteiger partial charge >= 0.3 is 0 Å². The molecule has 0 aliphatic carbocycles. The third-order valence-electron chi connectivity index (χ3n) is 5.76. The van der Waals surface area contributed by atoms with Crippen molar-refractivity contribution in [2.45, 2.75) is 59.4 Å². The molecular formula is C28H31N3O2. The fraction of sp³-hybridized carbons (Fsp3) is 0.321. The number of pyridine rings is 1. The van der Waals surface area contributed by atoms with E-state index in [1.165, 1.54) is 0 Å². The summed E-state index contributed by atoms with van der Waals surface area (Å²) < 4.78 is 1.78. The van der Waals surface area contributed by atoms with E-state index in [4.69, 9.17) is 0 Å². The van der Waals surface area contributed by atoms with Crippen LogP contribution in [0.2, 0.25) is 0 Å². The Kier molecular flexibility index (Phi) is 8.21. The molecule has 0 radical (unpaired) electrons. The first kappa shape index (κ1) is 24.0. The van der Waals surface area contributed by atoms with Crippen molar-refractivity contribution in [3.05, 3.63) is 87.3 Å². The zero-order valence-electron chi connectivity index (χ0n) is 19.6. The smallest absolute Gasteiger partial charge is 0.275 e. The number of nitrogens with one attached hydrogen (secondary N) is 1. The highest BCUT2D eigenvalue weighted by Gasteiger charge is 2.15. The van der Waals surface area contributed by atoms with Crippen molar-refractivity contribution in [1.82, 2.24) is 4.57 Å². The van der Waals surface area contributed by atoms with Gasteiger partial charge in [0, 0.05) is 12.1 Å². The minimum absolute atomic E-state index is 0.133. The number of anilines is 1. The topological polar surface area (TPSA) is 74.9 Å². The molecule has 1 amide bonds. The van der Waals surface area contributed by atoms with Crippen LogP contribution in [0.15, 0.2) is 59.4 Å². The third kappa shape index (κ3) is 5.78. The largest absolute Gasteiger partial charge is 0.321 e. The number of aryl methyl sites for hydroxylation is 2. The van der Waals surface area contributed by atoms with Crippen molar-refractivity contribution >= 4 is 11.6 Å². The number of hydrogen-bond acceptors (Lipinski definition) is 3. The zero-order chi connectivity index (χ0) is 23.8. The van der Waals surface area contributed by atoms with Crippen LogP contribution in [0.25, 0.3) is 11.1 Å². The van der Waals surface area contributed by atoms with Crippen LogP contribution >= 0.6 is 0 Å². The normalized spacial score (nSPS) is 10.6. The number of aromatic nitrogens is 1. The van der Waals surface area contributed by atoms with Gasteiger partial charge in [-0.1, -0.05) is 62.7 Å². The summed E-state index contributed by atoms with van der Waals surface area (Å²) in [6.07, 6.45) is 3.96. The van der Waals surface area contributed by atoms with E-state index >= 15 is 0 Å². The van der Waals surface area contributed by atoms with E-state index in [0.29, 0.717) is 24.2 Å². The van der Waals surface area contributed by atoms with Crippen molar-refractivity contribution < 1.29 is 4.79 Å². The number of amides is 1. The van der Waals surface area contributed by atoms with Crippen LogP contribution in [-0.2, 0) is 17.8 Å². The van der Waals surface area contributed by atoms with Gasteiger partial charge in [-0.2, -0.15) is 5.26 Å². The van der Waals surface area contributed by atoms with E-state index in [1.54, 1.807) is 4.57 Å². The number of carbonyl (C=O) groups is 1. The van der Waals surface area contributed by atoms with Crippen LogP contribution in [0.1, 0.15) is 61.9 Å². The number of hydrogen-bond donors (Lipinski definition) is 1. The molecule has 0 fully saturated rings. The standard InChI is InChI=1S/C28H31N3O2/c1-4-6-11-24-17-20(3)27(30-26(32)9-5-2)28(33)31(24)19-21-13-15-22(16-14-21)25-12-8-7-10-23(25)18-29/h7-8,10,12-17H,4-6,9,11,19H2,1-3H3,(H,30,32). The van der Waals surface area contributed by atoms with E-state index in [2.05, 4.69) is 18.3 Å². The van der Waals surface area contributed by atoms with Crippen molar-refractivity contribution in [3.63, 3.8) is 0 Å². The van der Waals surface area contributed by atoms with Crippen LogP contribution < -0.4 is 10.9 Å². The molecule has 0 bridgehead atoms. The van der Waals surface area contributed by atoms with E-state index in [1.807, 2.05) is 68.4 Å². The van der Waals surface area contributed by atoms with Crippen LogP contribution in [0.5, 0.6) is 0 Å². The molecule has 0 saturated heterocycles. The predicted octanol–water partition coefficient (Wildman–Crippen LogP) is 5.82. The zero-order valence-corrected chi connectivity index (χ0v) is 19.6. The molecule has 0 aliphatic rings. The quantitative estimate of drug-likeness (QED) is 0.454. The highest BCUT2D eigenvalue weighted by Crippen LogP contribution is 2.24. The molecule has 170 valence electrons. The van der Waals surface area contributed by atoms with Gasteiger partial charge in [0.05, 0.1) is 18.2 Å². The first-order valence-electron chi connectivity index (χ1n) is 11.6. The van der Waals surface area contributed by atoms with Crippen LogP contribution in [-0.4, -0.2) is 10.5 Å². The summed E-state index contributed by atoms with van der Waals surface area (Å²) >= 11 is 0. The summed E-state index contributed by atoms with van der Waals surface area (Å²) in [5.74, 6) is -0.133. The summed E-state index contributed by atoms with van der Waals surface area (Å²) in [5.41, 5.74) is 5.46. The van der Waals surface area contributed by atoms with Gasteiger partial charge in [-0.3, -0.25) is 9.59 Å². The van der Waals surface area contributed by atoms with E-state index < -0.39 is 0 Å². The number of unbranched alkanes of at least 4 members (excludes halogenated alkanes) is 1. The number of benzene rings is 2. The lowest BCUT2D eigenvalue weighted by Gasteiger charge is -2.18. The Labute approximate surface area is 195 Å². The summed E-state index contributed by atoms with van der Waals surface area (Å²) in [6.45, 7) is 6.38. The molecule has 1 N–H and O–H groups in total. The van der Waals surface area contributed by atoms with Crippen molar-refractivity contribution in [2.24, 2.45) is 0 Å². The fourth-order valence-electron chi connectivity index (χ4n) is 3.96. The van der Waals surface area contributed by atoms with Gasteiger partial charge in [0.1, 0.15) is 5.69 Å². The lowest BCUT2D eigenvalue weighted by molar-refractivity contribution is -0.116. The Hall–Kier alpha value is -3.65. The summed E-state index contributed by atoms with van der Waals surface area (Å²) in [5, 5.41) is 12.2. The molecular weight excluding hydrogens is 410 g/mol. The predicted molar refractivity (Wildman–Crippen MR) is 133 cm³/mol. The van der Waals surface area contributed by atoms with Crippen molar-refractivity contribution in [3.8, 4) is 17.2 Å². The SMILES string of the molecule is CCCCc1cc(C)c(NC(=O)CCC)c(=O)n1Cc1ccc(-c2ccccc2C#N)cc1. The molecule has 0 saturated carbocycles. The Balaban J connectivity index is 1.96. The number of nitrogens with zero attached hydrogens (tertiary/aromatic N) is 2. The highest BCUT2D eigenvalue weighted by molar-refractivity contribution is 5.91. The van der Waals surface area contributed by atoms with Gasteiger partial charge in [0.2, 0.25) is 5.91 Å². The van der Waals surface area contributed by atoms with Crippen LogP contribution in [0, 0.1) is 18.3 Å². The van der Waals surface area contributed by atoms with E-state index in [0.717, 1.165) is 53.6 Å². The Morgan fingerprint density at radius 3 is 2.45 bits per heavy atom. The van der Waals surface area contributed by atoms with Gasteiger partial charge in [-0.15, -0.1) is 0 Å². The maximum Gasteiger partial charge on any atom is 0.275 e. The second-order valence-electron chi connectivity index (χ2n) is 8.34. The summed E-state index contributed by atoms with van der Waals surface area (Å²) in [6, 6.07) is 19.7. The number of rotatable bonds is 9.